The van der Waals surface area contributed by atoms with Gasteiger partial charge in [0.2, 0.25) is 0 Å². The first-order valence-corrected chi connectivity index (χ1v) is 6.92. The molecule has 0 aliphatic carbocycles. The highest BCUT2D eigenvalue weighted by atomic mass is 32.1. The number of hydrogen-bond acceptors (Lipinski definition) is 7. The molecule has 0 aliphatic heterocycles. The number of aliphatic hydroxyl groups excluding tert-OH is 2. The van der Waals surface area contributed by atoms with Gasteiger partial charge >= 0.3 is 11.9 Å². The van der Waals surface area contributed by atoms with Gasteiger partial charge in [0.05, 0.1) is 24.7 Å². The lowest BCUT2D eigenvalue weighted by molar-refractivity contribution is -0.134. The van der Waals surface area contributed by atoms with Crippen molar-refractivity contribution in [3.63, 3.8) is 0 Å². The van der Waals surface area contributed by atoms with Crippen molar-refractivity contribution in [3.8, 4) is 0 Å². The van der Waals surface area contributed by atoms with E-state index in [4.69, 9.17) is 20.4 Å². The number of carboxylic acids is 2. The normalized spacial score (nSPS) is 7.70. The Kier molecular flexibility index (Phi) is 36.8. The van der Waals surface area contributed by atoms with Gasteiger partial charge in [-0.1, -0.05) is 13.8 Å². The van der Waals surface area contributed by atoms with Gasteiger partial charge in [0.15, 0.2) is 0 Å². The van der Waals surface area contributed by atoms with Crippen molar-refractivity contribution in [2.45, 2.75) is 26.7 Å². The van der Waals surface area contributed by atoms with E-state index in [2.05, 4.69) is 25.3 Å². The van der Waals surface area contributed by atoms with E-state index in [9.17, 15) is 14.4 Å². The third-order valence-corrected chi connectivity index (χ3v) is 1.70. The number of thiol groups is 2. The van der Waals surface area contributed by atoms with Gasteiger partial charge in [-0.2, -0.15) is 25.3 Å². The van der Waals surface area contributed by atoms with E-state index in [-0.39, 0.29) is 24.7 Å². The van der Waals surface area contributed by atoms with Gasteiger partial charge in [0, 0.05) is 12.8 Å². The molecule has 7 nitrogen and oxygen atoms in total. The van der Waals surface area contributed by atoms with Crippen molar-refractivity contribution in [1.29, 1.82) is 0 Å². The summed E-state index contributed by atoms with van der Waals surface area (Å²) in [4.78, 5) is 28.8. The summed E-state index contributed by atoms with van der Waals surface area (Å²) in [5.74, 6) is -1.59. The van der Waals surface area contributed by atoms with Crippen molar-refractivity contribution in [2.24, 2.45) is 0 Å². The Morgan fingerprint density at radius 1 is 0.800 bits per heavy atom. The summed E-state index contributed by atoms with van der Waals surface area (Å²) >= 11 is 6.83. The number of carboxylic acid groups (broad SMARTS) is 2. The van der Waals surface area contributed by atoms with Crippen LogP contribution in [0.2, 0.25) is 0 Å². The van der Waals surface area contributed by atoms with Crippen molar-refractivity contribution >= 4 is 43.0 Å². The average molecular weight is 332 g/mol. The Balaban J connectivity index is -0.0000000862. The maximum Gasteiger partial charge on any atom is 0.313 e. The summed E-state index contributed by atoms with van der Waals surface area (Å²) < 4.78 is 0. The van der Waals surface area contributed by atoms with Gasteiger partial charge in [-0.3, -0.25) is 14.4 Å². The first-order valence-electron chi connectivity index (χ1n) is 5.65. The molecular formula is C11H24O7S2. The zero-order chi connectivity index (χ0) is 17.0. The zero-order valence-electron chi connectivity index (χ0n) is 11.7. The first kappa shape index (κ1) is 27.6. The third-order valence-electron chi connectivity index (χ3n) is 1.16. The molecule has 0 rings (SSSR count). The summed E-state index contributed by atoms with van der Waals surface area (Å²) in [6.45, 7) is 3.51. The van der Waals surface area contributed by atoms with Crippen LogP contribution in [0.4, 0.5) is 0 Å². The predicted octanol–water partition coefficient (Wildman–Crippen LogP) is 0.348. The molecule has 0 aromatic carbocycles. The second kappa shape index (κ2) is 26.7. The summed E-state index contributed by atoms with van der Waals surface area (Å²) in [5.41, 5.74) is 0. The monoisotopic (exact) mass is 332 g/mol. The Hall–Kier alpha value is -0.770. The van der Waals surface area contributed by atoms with E-state index in [0.29, 0.717) is 18.6 Å². The molecule has 9 heteroatoms. The number of aliphatic hydroxyl groups is 2. The molecular weight excluding hydrogens is 308 g/mol. The van der Waals surface area contributed by atoms with Gasteiger partial charge in [-0.05, 0) is 0 Å². The van der Waals surface area contributed by atoms with Gasteiger partial charge < -0.3 is 20.4 Å². The molecule has 0 fully saturated rings. The fraction of sp³-hybridized carbons (Fsp3) is 0.727. The SMILES string of the molecule is CCC(=O)CC.O=C(O)CS.O=C(O)CS.OCCO. The molecule has 0 amide bonds. The summed E-state index contributed by atoms with van der Waals surface area (Å²) in [7, 11) is 0. The lowest BCUT2D eigenvalue weighted by atomic mass is 10.3. The van der Waals surface area contributed by atoms with Crippen LogP contribution in [-0.2, 0) is 14.4 Å². The molecule has 0 spiro atoms. The molecule has 122 valence electrons. The molecule has 4 N–H and O–H groups in total. The number of aliphatic carboxylic acids is 2. The van der Waals surface area contributed by atoms with Crippen LogP contribution >= 0.6 is 25.3 Å². The average Bonchev–Trinajstić information content (AvgIpc) is 2.47. The van der Waals surface area contributed by atoms with Crippen molar-refractivity contribution in [1.82, 2.24) is 0 Å². The summed E-state index contributed by atoms with van der Waals surface area (Å²) in [5, 5.41) is 30.5. The topological polar surface area (TPSA) is 132 Å². The predicted molar refractivity (Wildman–Crippen MR) is 82.7 cm³/mol. The molecule has 0 aromatic rings. The minimum Gasteiger partial charge on any atom is -0.481 e. The van der Waals surface area contributed by atoms with Gasteiger partial charge in [0.1, 0.15) is 5.78 Å². The number of hydrogen-bond donors (Lipinski definition) is 6. The lowest BCUT2D eigenvalue weighted by Crippen LogP contribution is -1.92. The van der Waals surface area contributed by atoms with Crippen LogP contribution in [0.15, 0.2) is 0 Å². The number of carbonyl (C=O) groups excluding carboxylic acids is 1. The maximum atomic E-state index is 10.2. The Morgan fingerprint density at radius 2 is 1.00 bits per heavy atom. The molecule has 20 heavy (non-hydrogen) atoms. The third kappa shape index (κ3) is 67.0. The fourth-order valence-electron chi connectivity index (χ4n) is 0.250. The molecule has 0 bridgehead atoms. The van der Waals surface area contributed by atoms with E-state index in [1.165, 1.54) is 0 Å². The molecule has 0 radical (unpaired) electrons. The quantitative estimate of drug-likeness (QED) is 0.400. The van der Waals surface area contributed by atoms with Crippen LogP contribution in [0.25, 0.3) is 0 Å². The van der Waals surface area contributed by atoms with Crippen molar-refractivity contribution < 1.29 is 34.8 Å². The number of carbonyl (C=O) groups is 3. The highest BCUT2D eigenvalue weighted by Gasteiger charge is 1.86. The van der Waals surface area contributed by atoms with Crippen LogP contribution in [0.1, 0.15) is 26.7 Å². The smallest absolute Gasteiger partial charge is 0.313 e. The van der Waals surface area contributed by atoms with Crippen LogP contribution in [-0.4, -0.2) is 62.9 Å². The first-order chi connectivity index (χ1) is 9.26. The highest BCUT2D eigenvalue weighted by molar-refractivity contribution is 7.81. The summed E-state index contributed by atoms with van der Waals surface area (Å²) in [6, 6.07) is 0. The van der Waals surface area contributed by atoms with Gasteiger partial charge in [-0.25, -0.2) is 0 Å². The zero-order valence-corrected chi connectivity index (χ0v) is 13.4. The van der Waals surface area contributed by atoms with E-state index in [1.54, 1.807) is 0 Å². The van der Waals surface area contributed by atoms with Crippen LogP contribution in [0.3, 0.4) is 0 Å². The van der Waals surface area contributed by atoms with Crippen molar-refractivity contribution in [2.75, 3.05) is 24.7 Å². The molecule has 0 heterocycles. The largest absolute Gasteiger partial charge is 0.481 e. The minimum absolute atomic E-state index is 0.0833. The van der Waals surface area contributed by atoms with E-state index in [1.807, 2.05) is 13.8 Å². The molecule has 0 saturated carbocycles. The van der Waals surface area contributed by atoms with Gasteiger partial charge in [0.25, 0.3) is 0 Å². The molecule has 0 unspecified atom stereocenters. The number of Topliss-reactive ketones (excluding diaryl/α,β-unsaturated/α-hetero) is 1. The summed E-state index contributed by atoms with van der Waals surface area (Å²) in [6.07, 6.45) is 1.38. The van der Waals surface area contributed by atoms with E-state index < -0.39 is 11.9 Å². The van der Waals surface area contributed by atoms with Crippen LogP contribution in [0.5, 0.6) is 0 Å². The molecule has 0 aromatic heterocycles. The molecule has 0 saturated heterocycles. The highest BCUT2D eigenvalue weighted by Crippen LogP contribution is 1.83. The van der Waals surface area contributed by atoms with E-state index in [0.717, 1.165) is 0 Å². The second-order valence-corrected chi connectivity index (χ2v) is 3.43. The Labute approximate surface area is 129 Å². The lowest BCUT2D eigenvalue weighted by Gasteiger charge is -1.81. The Morgan fingerprint density at radius 3 is 1.00 bits per heavy atom. The Bertz CT molecular complexity index is 213. The van der Waals surface area contributed by atoms with Gasteiger partial charge in [-0.15, -0.1) is 0 Å². The fourth-order valence-corrected chi connectivity index (χ4v) is 0.250. The van der Waals surface area contributed by atoms with Crippen LogP contribution < -0.4 is 0 Å². The number of ketones is 1. The number of rotatable bonds is 5. The van der Waals surface area contributed by atoms with Crippen LogP contribution in [0, 0.1) is 0 Å². The second-order valence-electron chi connectivity index (χ2n) is 2.80. The van der Waals surface area contributed by atoms with E-state index >= 15 is 0 Å². The molecule has 0 atom stereocenters. The minimum atomic E-state index is -0.881. The maximum absolute atomic E-state index is 10.2. The molecule has 0 aliphatic rings. The standard InChI is InChI=1S/C5H10O.2C2H4O2S.C2H6O2/c1-3-5(6)4-2;2*3-2(4)1-5;3-1-2-4/h3-4H2,1-2H3;2*5H,1H2,(H,3,4);3-4H,1-2H2. The van der Waals surface area contributed by atoms with Crippen molar-refractivity contribution in [3.05, 3.63) is 0 Å².